The predicted molar refractivity (Wildman–Crippen MR) is 87.2 cm³/mol. The maximum atomic E-state index is 12.7. The topological polar surface area (TPSA) is 49.3 Å². The molecule has 1 amide bonds. The molecule has 7 heteroatoms. The van der Waals surface area contributed by atoms with Gasteiger partial charge in [-0.05, 0) is 59.3 Å². The normalized spacial score (nSPS) is 12.8. The minimum absolute atomic E-state index is 0.0148. The lowest BCUT2D eigenvalue weighted by Crippen LogP contribution is -2.26. The molecule has 0 aliphatic carbocycles. The summed E-state index contributed by atoms with van der Waals surface area (Å²) in [6.07, 6.45) is -3.28. The molecule has 0 bridgehead atoms. The smallest absolute Gasteiger partial charge is 0.396 e. The number of carbonyl (C=O) groups is 1. The molecule has 0 aliphatic heterocycles. The molecule has 2 rings (SSSR count). The molecule has 1 aromatic heterocycles. The Hall–Kier alpha value is -1.86. The van der Waals surface area contributed by atoms with E-state index in [2.05, 4.69) is 5.32 Å². The highest BCUT2D eigenvalue weighted by Gasteiger charge is 2.30. The lowest BCUT2D eigenvalue weighted by atomic mass is 9.95. The van der Waals surface area contributed by atoms with Gasteiger partial charge in [0.1, 0.15) is 0 Å². The summed E-state index contributed by atoms with van der Waals surface area (Å²) in [5.41, 5.74) is 0.244. The molecule has 0 unspecified atom stereocenters. The van der Waals surface area contributed by atoms with Crippen LogP contribution < -0.4 is 5.32 Å². The molecule has 0 spiro atoms. The van der Waals surface area contributed by atoms with Crippen molar-refractivity contribution >= 4 is 17.2 Å². The van der Waals surface area contributed by atoms with Crippen LogP contribution in [0.15, 0.2) is 41.1 Å². The van der Waals surface area contributed by atoms with Crippen molar-refractivity contribution in [3.05, 3.63) is 57.8 Å². The second-order valence-electron chi connectivity index (χ2n) is 5.39. The Labute approximate surface area is 142 Å². The average Bonchev–Trinajstić information content (AvgIpc) is 3.07. The summed E-state index contributed by atoms with van der Waals surface area (Å²) in [7, 11) is 0. The van der Waals surface area contributed by atoms with E-state index < -0.39 is 17.6 Å². The van der Waals surface area contributed by atoms with Crippen LogP contribution in [0.3, 0.4) is 0 Å². The lowest BCUT2D eigenvalue weighted by Gasteiger charge is -2.15. The number of alkyl halides is 3. The highest BCUT2D eigenvalue weighted by molar-refractivity contribution is 7.07. The predicted octanol–water partition coefficient (Wildman–Crippen LogP) is 4.05. The zero-order valence-corrected chi connectivity index (χ0v) is 13.7. The van der Waals surface area contributed by atoms with Gasteiger partial charge >= 0.3 is 6.18 Å². The number of amides is 1. The first kappa shape index (κ1) is 18.5. The Kier molecular flexibility index (Phi) is 6.39. The minimum Gasteiger partial charge on any atom is -0.396 e. The molecule has 0 fully saturated rings. The number of hydrogen-bond acceptors (Lipinski definition) is 3. The van der Waals surface area contributed by atoms with E-state index >= 15 is 0 Å². The first-order valence-corrected chi connectivity index (χ1v) is 8.44. The SMILES string of the molecule is O=C(NCC[C@@H](CCO)c1ccsc1)c1cccc(C(F)(F)F)c1. The largest absolute Gasteiger partial charge is 0.416 e. The van der Waals surface area contributed by atoms with Crippen LogP contribution in [-0.4, -0.2) is 24.2 Å². The van der Waals surface area contributed by atoms with Crippen LogP contribution in [0.5, 0.6) is 0 Å². The molecule has 0 radical (unpaired) electrons. The third-order valence-electron chi connectivity index (χ3n) is 3.72. The monoisotopic (exact) mass is 357 g/mol. The Morgan fingerprint density at radius 1 is 1.25 bits per heavy atom. The molecule has 1 heterocycles. The van der Waals surface area contributed by atoms with Crippen molar-refractivity contribution in [3.63, 3.8) is 0 Å². The Balaban J connectivity index is 1.93. The number of hydrogen-bond donors (Lipinski definition) is 2. The van der Waals surface area contributed by atoms with Crippen LogP contribution >= 0.6 is 11.3 Å². The van der Waals surface area contributed by atoms with E-state index in [4.69, 9.17) is 5.11 Å². The van der Waals surface area contributed by atoms with E-state index in [0.717, 1.165) is 17.7 Å². The molecule has 0 aliphatic rings. The number of aliphatic hydroxyl groups excluding tert-OH is 1. The van der Waals surface area contributed by atoms with Crippen LogP contribution in [0.1, 0.15) is 40.2 Å². The number of halogens is 3. The fraction of sp³-hybridized carbons (Fsp3) is 0.353. The second kappa shape index (κ2) is 8.30. The first-order chi connectivity index (χ1) is 11.4. The minimum atomic E-state index is -4.47. The van der Waals surface area contributed by atoms with Crippen molar-refractivity contribution in [1.29, 1.82) is 0 Å². The summed E-state index contributed by atoms with van der Waals surface area (Å²) in [6, 6.07) is 6.33. The van der Waals surface area contributed by atoms with Crippen molar-refractivity contribution in [2.75, 3.05) is 13.2 Å². The number of nitrogens with one attached hydrogen (secondary N) is 1. The van der Waals surface area contributed by atoms with Gasteiger partial charge in [0, 0.05) is 18.7 Å². The summed E-state index contributed by atoms with van der Waals surface area (Å²) < 4.78 is 38.0. The van der Waals surface area contributed by atoms with Crippen molar-refractivity contribution in [2.24, 2.45) is 0 Å². The Bertz CT molecular complexity index is 656. The van der Waals surface area contributed by atoms with Crippen molar-refractivity contribution < 1.29 is 23.1 Å². The number of benzene rings is 1. The van der Waals surface area contributed by atoms with Crippen LogP contribution in [0.4, 0.5) is 13.2 Å². The molecule has 1 atom stereocenters. The highest BCUT2D eigenvalue weighted by Crippen LogP contribution is 2.29. The summed E-state index contributed by atoms with van der Waals surface area (Å²) in [4.78, 5) is 12.0. The molecule has 1 aromatic carbocycles. The lowest BCUT2D eigenvalue weighted by molar-refractivity contribution is -0.137. The van der Waals surface area contributed by atoms with Gasteiger partial charge in [0.2, 0.25) is 0 Å². The van der Waals surface area contributed by atoms with Gasteiger partial charge in [0.05, 0.1) is 5.56 Å². The van der Waals surface area contributed by atoms with E-state index in [-0.39, 0.29) is 18.1 Å². The van der Waals surface area contributed by atoms with Crippen LogP contribution in [0, 0.1) is 0 Å². The molecule has 3 nitrogen and oxygen atoms in total. The van der Waals surface area contributed by atoms with Crippen molar-refractivity contribution in [3.8, 4) is 0 Å². The number of aliphatic hydroxyl groups is 1. The van der Waals surface area contributed by atoms with Gasteiger partial charge in [-0.1, -0.05) is 6.07 Å². The summed E-state index contributed by atoms with van der Waals surface area (Å²) in [6.45, 7) is 0.373. The molecule has 0 saturated carbocycles. The molecule has 24 heavy (non-hydrogen) atoms. The zero-order valence-electron chi connectivity index (χ0n) is 12.8. The van der Waals surface area contributed by atoms with E-state index in [0.29, 0.717) is 19.4 Å². The van der Waals surface area contributed by atoms with Crippen molar-refractivity contribution in [1.82, 2.24) is 5.32 Å². The third kappa shape index (κ3) is 5.07. The quantitative estimate of drug-likeness (QED) is 0.785. The fourth-order valence-corrected chi connectivity index (χ4v) is 3.18. The second-order valence-corrected chi connectivity index (χ2v) is 6.17. The molecule has 0 saturated heterocycles. The van der Waals surface area contributed by atoms with Crippen LogP contribution in [0.25, 0.3) is 0 Å². The van der Waals surface area contributed by atoms with Gasteiger partial charge in [-0.25, -0.2) is 0 Å². The third-order valence-corrected chi connectivity index (χ3v) is 4.42. The summed E-state index contributed by atoms with van der Waals surface area (Å²) in [5, 5.41) is 15.7. The van der Waals surface area contributed by atoms with Crippen molar-refractivity contribution in [2.45, 2.75) is 24.9 Å². The van der Waals surface area contributed by atoms with E-state index in [1.54, 1.807) is 11.3 Å². The molecular formula is C17H18F3NO2S. The van der Waals surface area contributed by atoms with Crippen LogP contribution in [-0.2, 0) is 6.18 Å². The first-order valence-electron chi connectivity index (χ1n) is 7.50. The number of thiophene rings is 1. The van der Waals surface area contributed by atoms with Gasteiger partial charge in [-0.2, -0.15) is 24.5 Å². The van der Waals surface area contributed by atoms with Gasteiger partial charge < -0.3 is 10.4 Å². The average molecular weight is 357 g/mol. The van der Waals surface area contributed by atoms with Crippen LogP contribution in [0.2, 0.25) is 0 Å². The standard InChI is InChI=1S/C17H18F3NO2S/c18-17(19,20)15-3-1-2-13(10-15)16(23)21-7-4-12(5-8-22)14-6-9-24-11-14/h1-3,6,9-12,22H,4-5,7-8H2,(H,21,23)/t12-/m0/s1. The maximum Gasteiger partial charge on any atom is 0.416 e. The van der Waals surface area contributed by atoms with Gasteiger partial charge in [0.25, 0.3) is 5.91 Å². The Morgan fingerprint density at radius 2 is 2.04 bits per heavy atom. The molecule has 2 N–H and O–H groups in total. The molecule has 130 valence electrons. The zero-order chi connectivity index (χ0) is 17.6. The van der Waals surface area contributed by atoms with E-state index in [1.165, 1.54) is 12.1 Å². The van der Waals surface area contributed by atoms with Gasteiger partial charge in [0.15, 0.2) is 0 Å². The maximum absolute atomic E-state index is 12.7. The van der Waals surface area contributed by atoms with E-state index in [9.17, 15) is 18.0 Å². The number of rotatable bonds is 7. The number of carbonyl (C=O) groups excluding carboxylic acids is 1. The molecule has 2 aromatic rings. The summed E-state index contributed by atoms with van der Waals surface area (Å²) >= 11 is 1.56. The highest BCUT2D eigenvalue weighted by atomic mass is 32.1. The van der Waals surface area contributed by atoms with E-state index in [1.807, 2.05) is 16.8 Å². The fourth-order valence-electron chi connectivity index (χ4n) is 2.44. The Morgan fingerprint density at radius 3 is 2.67 bits per heavy atom. The molecular weight excluding hydrogens is 339 g/mol. The van der Waals surface area contributed by atoms with Gasteiger partial charge in [-0.3, -0.25) is 4.79 Å². The van der Waals surface area contributed by atoms with Gasteiger partial charge in [-0.15, -0.1) is 0 Å². The summed E-state index contributed by atoms with van der Waals surface area (Å²) in [5.74, 6) is -0.419.